The molecular weight excluding hydrogens is 358 g/mol. The van der Waals surface area contributed by atoms with Crippen LogP contribution in [0.1, 0.15) is 32.3 Å². The van der Waals surface area contributed by atoms with Crippen LogP contribution in [-0.2, 0) is 4.79 Å². The second kappa shape index (κ2) is 8.81. The van der Waals surface area contributed by atoms with E-state index in [1.165, 1.54) is 17.3 Å². The maximum absolute atomic E-state index is 12.7. The van der Waals surface area contributed by atoms with Crippen LogP contribution < -0.4 is 4.90 Å². The molecule has 0 bridgehead atoms. The van der Waals surface area contributed by atoms with Gasteiger partial charge in [0.1, 0.15) is 0 Å². The number of benzene rings is 2. The van der Waals surface area contributed by atoms with E-state index < -0.39 is 0 Å². The van der Waals surface area contributed by atoms with Gasteiger partial charge in [-0.25, -0.2) is 0 Å². The Balaban J connectivity index is 1.70. The standard InChI is InChI=1S/C20H23N5OS/c1-4-24(17-8-6-5-7-9-17)19(26)14-27-20-21-22-23-25(20)18-12-10-16(11-13-18)15(2)3/h5-13,15H,4,14H2,1-3H3. The van der Waals surface area contributed by atoms with E-state index in [9.17, 15) is 4.79 Å². The zero-order chi connectivity index (χ0) is 19.2. The van der Waals surface area contributed by atoms with E-state index in [4.69, 9.17) is 0 Å². The molecule has 3 rings (SSSR count). The summed E-state index contributed by atoms with van der Waals surface area (Å²) in [6.45, 7) is 6.90. The summed E-state index contributed by atoms with van der Waals surface area (Å²) in [4.78, 5) is 14.4. The highest BCUT2D eigenvalue weighted by Gasteiger charge is 2.17. The van der Waals surface area contributed by atoms with Gasteiger partial charge in [0.15, 0.2) is 0 Å². The Morgan fingerprint density at radius 2 is 1.81 bits per heavy atom. The third kappa shape index (κ3) is 4.54. The highest BCUT2D eigenvalue weighted by molar-refractivity contribution is 7.99. The summed E-state index contributed by atoms with van der Waals surface area (Å²) < 4.78 is 1.67. The van der Waals surface area contributed by atoms with Crippen LogP contribution >= 0.6 is 11.8 Å². The molecule has 1 heterocycles. The molecule has 0 atom stereocenters. The first-order valence-corrected chi connectivity index (χ1v) is 9.95. The Hall–Kier alpha value is -2.67. The first-order valence-electron chi connectivity index (χ1n) is 8.97. The number of aromatic nitrogens is 4. The van der Waals surface area contributed by atoms with Crippen LogP contribution in [0.15, 0.2) is 59.8 Å². The van der Waals surface area contributed by atoms with Crippen LogP contribution in [0.25, 0.3) is 5.69 Å². The molecule has 1 amide bonds. The molecule has 0 spiro atoms. The average Bonchev–Trinajstić information content (AvgIpc) is 3.16. The fourth-order valence-electron chi connectivity index (χ4n) is 2.75. The van der Waals surface area contributed by atoms with E-state index in [0.717, 1.165) is 11.4 Å². The third-order valence-corrected chi connectivity index (χ3v) is 5.16. The van der Waals surface area contributed by atoms with Crippen molar-refractivity contribution in [2.45, 2.75) is 31.8 Å². The lowest BCUT2D eigenvalue weighted by molar-refractivity contribution is -0.116. The summed E-state index contributed by atoms with van der Waals surface area (Å²) in [5, 5.41) is 12.5. The fraction of sp³-hybridized carbons (Fsp3) is 0.300. The molecule has 140 valence electrons. The van der Waals surface area contributed by atoms with Gasteiger partial charge in [0, 0.05) is 12.2 Å². The Labute approximate surface area is 163 Å². The molecule has 27 heavy (non-hydrogen) atoms. The van der Waals surface area contributed by atoms with E-state index >= 15 is 0 Å². The summed E-state index contributed by atoms with van der Waals surface area (Å²) in [6, 6.07) is 17.8. The predicted molar refractivity (Wildman–Crippen MR) is 108 cm³/mol. The smallest absolute Gasteiger partial charge is 0.237 e. The van der Waals surface area contributed by atoms with Gasteiger partial charge >= 0.3 is 0 Å². The van der Waals surface area contributed by atoms with Crippen molar-refractivity contribution < 1.29 is 4.79 Å². The van der Waals surface area contributed by atoms with Crippen molar-refractivity contribution in [3.8, 4) is 5.69 Å². The van der Waals surface area contributed by atoms with E-state index in [1.807, 2.05) is 49.4 Å². The molecular formula is C20H23N5OS. The molecule has 0 aliphatic carbocycles. The lowest BCUT2D eigenvalue weighted by atomic mass is 10.0. The summed E-state index contributed by atoms with van der Waals surface area (Å²) >= 11 is 1.34. The number of para-hydroxylation sites is 1. The Morgan fingerprint density at radius 1 is 1.11 bits per heavy atom. The summed E-state index contributed by atoms with van der Waals surface area (Å²) in [7, 11) is 0. The van der Waals surface area contributed by atoms with Crippen molar-refractivity contribution in [1.82, 2.24) is 20.2 Å². The number of thioether (sulfide) groups is 1. The molecule has 0 saturated heterocycles. The number of rotatable bonds is 7. The molecule has 6 nitrogen and oxygen atoms in total. The number of hydrogen-bond donors (Lipinski definition) is 0. The molecule has 0 saturated carbocycles. The largest absolute Gasteiger partial charge is 0.312 e. The van der Waals surface area contributed by atoms with Crippen LogP contribution in [0.4, 0.5) is 5.69 Å². The lowest BCUT2D eigenvalue weighted by Gasteiger charge is -2.20. The fourth-order valence-corrected chi connectivity index (χ4v) is 3.51. The molecule has 0 radical (unpaired) electrons. The molecule has 0 aliphatic rings. The molecule has 0 N–H and O–H groups in total. The number of carbonyl (C=O) groups is 1. The third-order valence-electron chi connectivity index (χ3n) is 4.26. The van der Waals surface area contributed by atoms with Gasteiger partial charge in [-0.05, 0) is 53.1 Å². The molecule has 1 aromatic heterocycles. The van der Waals surface area contributed by atoms with Gasteiger partial charge in [-0.15, -0.1) is 5.10 Å². The number of hydrogen-bond acceptors (Lipinski definition) is 5. The molecule has 7 heteroatoms. The minimum Gasteiger partial charge on any atom is -0.312 e. The van der Waals surface area contributed by atoms with Gasteiger partial charge in [-0.3, -0.25) is 4.79 Å². The number of anilines is 1. The summed E-state index contributed by atoms with van der Waals surface area (Å²) in [5.41, 5.74) is 3.04. The predicted octanol–water partition coefficient (Wildman–Crippen LogP) is 3.93. The van der Waals surface area contributed by atoms with Gasteiger partial charge in [-0.2, -0.15) is 4.68 Å². The normalized spacial score (nSPS) is 11.0. The van der Waals surface area contributed by atoms with Gasteiger partial charge < -0.3 is 4.90 Å². The topological polar surface area (TPSA) is 63.9 Å². The average molecular weight is 382 g/mol. The van der Waals surface area contributed by atoms with Crippen molar-refractivity contribution in [1.29, 1.82) is 0 Å². The maximum atomic E-state index is 12.7. The highest BCUT2D eigenvalue weighted by Crippen LogP contribution is 2.22. The van der Waals surface area contributed by atoms with E-state index in [2.05, 4.69) is 41.5 Å². The minimum atomic E-state index is 0.0263. The summed E-state index contributed by atoms with van der Waals surface area (Å²) in [5.74, 6) is 0.767. The Kier molecular flexibility index (Phi) is 6.24. The van der Waals surface area contributed by atoms with Crippen LogP contribution in [-0.4, -0.2) is 38.4 Å². The van der Waals surface area contributed by atoms with Crippen molar-refractivity contribution in [3.05, 3.63) is 60.2 Å². The number of nitrogens with zero attached hydrogens (tertiary/aromatic N) is 5. The van der Waals surface area contributed by atoms with Crippen molar-refractivity contribution in [2.24, 2.45) is 0 Å². The van der Waals surface area contributed by atoms with Gasteiger partial charge in [0.25, 0.3) is 0 Å². The van der Waals surface area contributed by atoms with E-state index in [-0.39, 0.29) is 11.7 Å². The van der Waals surface area contributed by atoms with Gasteiger partial charge in [0.2, 0.25) is 11.1 Å². The monoisotopic (exact) mass is 381 g/mol. The second-order valence-electron chi connectivity index (χ2n) is 6.38. The summed E-state index contributed by atoms with van der Waals surface area (Å²) in [6.07, 6.45) is 0. The van der Waals surface area contributed by atoms with Crippen molar-refractivity contribution >= 4 is 23.4 Å². The van der Waals surface area contributed by atoms with Crippen LogP contribution in [0.5, 0.6) is 0 Å². The molecule has 0 aliphatic heterocycles. The molecule has 3 aromatic rings. The maximum Gasteiger partial charge on any atom is 0.237 e. The van der Waals surface area contributed by atoms with Gasteiger partial charge in [-0.1, -0.05) is 55.9 Å². The molecule has 0 fully saturated rings. The van der Waals surface area contributed by atoms with Gasteiger partial charge in [0.05, 0.1) is 11.4 Å². The SMILES string of the molecule is CCN(C(=O)CSc1nnnn1-c1ccc(C(C)C)cc1)c1ccccc1. The zero-order valence-corrected chi connectivity index (χ0v) is 16.6. The Bertz CT molecular complexity index is 877. The zero-order valence-electron chi connectivity index (χ0n) is 15.7. The highest BCUT2D eigenvalue weighted by atomic mass is 32.2. The quantitative estimate of drug-likeness (QED) is 0.580. The first-order chi connectivity index (χ1) is 13.1. The number of tetrazole rings is 1. The van der Waals surface area contributed by atoms with Crippen molar-refractivity contribution in [3.63, 3.8) is 0 Å². The Morgan fingerprint density at radius 3 is 2.44 bits per heavy atom. The minimum absolute atomic E-state index is 0.0263. The number of carbonyl (C=O) groups excluding carboxylic acids is 1. The number of amides is 1. The van der Waals surface area contributed by atoms with Crippen molar-refractivity contribution in [2.75, 3.05) is 17.2 Å². The molecule has 2 aromatic carbocycles. The second-order valence-corrected chi connectivity index (χ2v) is 7.32. The van der Waals surface area contributed by atoms with Crippen LogP contribution in [0.2, 0.25) is 0 Å². The van der Waals surface area contributed by atoms with E-state index in [1.54, 1.807) is 9.58 Å². The van der Waals surface area contributed by atoms with E-state index in [0.29, 0.717) is 17.6 Å². The lowest BCUT2D eigenvalue weighted by Crippen LogP contribution is -2.32. The van der Waals surface area contributed by atoms with Crippen LogP contribution in [0.3, 0.4) is 0 Å². The first kappa shape index (κ1) is 19.1. The van der Waals surface area contributed by atoms with Crippen LogP contribution in [0, 0.1) is 0 Å². The molecule has 0 unspecified atom stereocenters.